The molecule has 4 rings (SSSR count). The maximum Gasteiger partial charge on any atom is 0.350 e. The van der Waals surface area contributed by atoms with Crippen LogP contribution in [0.15, 0.2) is 48.5 Å². The molecule has 0 saturated heterocycles. The van der Waals surface area contributed by atoms with Gasteiger partial charge in [0.05, 0.1) is 23.4 Å². The number of fused-ring (bicyclic) bond motifs is 1. The van der Waals surface area contributed by atoms with Gasteiger partial charge in [0.25, 0.3) is 11.8 Å². The quantitative estimate of drug-likeness (QED) is 0.412. The molecule has 0 unspecified atom stereocenters. The number of aromatic nitrogens is 1. The van der Waals surface area contributed by atoms with E-state index in [1.54, 1.807) is 31.2 Å². The zero-order chi connectivity index (χ0) is 22.0. The zero-order valence-electron chi connectivity index (χ0n) is 16.5. The van der Waals surface area contributed by atoms with E-state index in [1.807, 2.05) is 0 Å². The molecule has 0 atom stereocenters. The number of amides is 2. The summed E-state index contributed by atoms with van der Waals surface area (Å²) in [5.41, 5.74) is 1.19. The monoisotopic (exact) mass is 440 g/mol. The van der Waals surface area contributed by atoms with Crippen molar-refractivity contribution in [1.82, 2.24) is 9.88 Å². The van der Waals surface area contributed by atoms with Crippen molar-refractivity contribution in [2.75, 3.05) is 13.2 Å². The van der Waals surface area contributed by atoms with Crippen LogP contribution in [0.4, 0.5) is 4.39 Å². The first kappa shape index (κ1) is 20.7. The molecule has 2 heterocycles. The third-order valence-corrected chi connectivity index (χ3v) is 5.74. The van der Waals surface area contributed by atoms with Gasteiger partial charge in [0.1, 0.15) is 34.7 Å². The van der Waals surface area contributed by atoms with E-state index in [0.717, 1.165) is 16.2 Å². The Kier molecular flexibility index (Phi) is 5.77. The topological polar surface area (TPSA) is 85.8 Å². The molecule has 0 radical (unpaired) electrons. The van der Waals surface area contributed by atoms with Crippen molar-refractivity contribution in [1.29, 1.82) is 0 Å². The summed E-state index contributed by atoms with van der Waals surface area (Å²) in [6, 6.07) is 12.2. The van der Waals surface area contributed by atoms with Gasteiger partial charge in [0, 0.05) is 0 Å². The van der Waals surface area contributed by atoms with Crippen molar-refractivity contribution in [2.24, 2.45) is 0 Å². The summed E-state index contributed by atoms with van der Waals surface area (Å²) in [6.07, 6.45) is 0. The Morgan fingerprint density at radius 3 is 2.35 bits per heavy atom. The van der Waals surface area contributed by atoms with E-state index in [2.05, 4.69) is 4.98 Å². The van der Waals surface area contributed by atoms with E-state index in [0.29, 0.717) is 32.5 Å². The SMILES string of the molecule is Cc1nc(COc2ccc(F)cc2)sc1C(=O)OCCN1C(=O)c2ccccc2C1=O. The molecule has 0 N–H and O–H groups in total. The number of aryl methyl sites for hydroxylation is 1. The van der Waals surface area contributed by atoms with Crippen LogP contribution in [-0.4, -0.2) is 40.8 Å². The third kappa shape index (κ3) is 4.31. The van der Waals surface area contributed by atoms with Gasteiger partial charge in [-0.05, 0) is 43.3 Å². The predicted octanol–water partition coefficient (Wildman–Crippen LogP) is 3.62. The zero-order valence-corrected chi connectivity index (χ0v) is 17.3. The predicted molar refractivity (Wildman–Crippen MR) is 110 cm³/mol. The van der Waals surface area contributed by atoms with E-state index in [9.17, 15) is 18.8 Å². The van der Waals surface area contributed by atoms with Gasteiger partial charge in [-0.3, -0.25) is 14.5 Å². The number of nitrogens with zero attached hydrogens (tertiary/aromatic N) is 2. The first-order chi connectivity index (χ1) is 14.9. The number of hydrogen-bond acceptors (Lipinski definition) is 7. The Labute approximate surface area is 181 Å². The fourth-order valence-electron chi connectivity index (χ4n) is 3.12. The Hall–Kier alpha value is -3.59. The van der Waals surface area contributed by atoms with E-state index >= 15 is 0 Å². The number of thiazole rings is 1. The first-order valence-corrected chi connectivity index (χ1v) is 10.2. The molecule has 1 aromatic heterocycles. The Bertz CT molecular complexity index is 1120. The fraction of sp³-hybridized carbons (Fsp3) is 0.182. The van der Waals surface area contributed by atoms with Gasteiger partial charge in [-0.2, -0.15) is 0 Å². The van der Waals surface area contributed by atoms with Crippen LogP contribution >= 0.6 is 11.3 Å². The molecule has 0 spiro atoms. The summed E-state index contributed by atoms with van der Waals surface area (Å²) in [7, 11) is 0. The minimum atomic E-state index is -0.584. The third-order valence-electron chi connectivity index (χ3n) is 4.63. The van der Waals surface area contributed by atoms with Crippen LogP contribution in [-0.2, 0) is 11.3 Å². The number of ether oxygens (including phenoxy) is 2. The molecule has 7 nitrogen and oxygen atoms in total. The summed E-state index contributed by atoms with van der Waals surface area (Å²) < 4.78 is 23.8. The number of hydrogen-bond donors (Lipinski definition) is 0. The molecule has 9 heteroatoms. The van der Waals surface area contributed by atoms with Crippen molar-refractivity contribution in [3.63, 3.8) is 0 Å². The number of esters is 1. The van der Waals surface area contributed by atoms with Crippen molar-refractivity contribution in [2.45, 2.75) is 13.5 Å². The minimum absolute atomic E-state index is 0.0313. The highest BCUT2D eigenvalue weighted by atomic mass is 32.1. The first-order valence-electron chi connectivity index (χ1n) is 9.41. The Morgan fingerprint density at radius 2 is 1.71 bits per heavy atom. The number of benzene rings is 2. The van der Waals surface area contributed by atoms with Crippen molar-refractivity contribution >= 4 is 29.1 Å². The van der Waals surface area contributed by atoms with Gasteiger partial charge in [0.15, 0.2) is 0 Å². The average molecular weight is 440 g/mol. The maximum atomic E-state index is 13.0. The molecule has 31 heavy (non-hydrogen) atoms. The van der Waals surface area contributed by atoms with Gasteiger partial charge >= 0.3 is 5.97 Å². The highest BCUT2D eigenvalue weighted by molar-refractivity contribution is 7.13. The molecule has 0 bridgehead atoms. The second-order valence-electron chi connectivity index (χ2n) is 6.71. The maximum absolute atomic E-state index is 13.0. The molecule has 3 aromatic rings. The van der Waals surface area contributed by atoms with Gasteiger partial charge in [-0.1, -0.05) is 12.1 Å². The normalized spacial score (nSPS) is 12.8. The van der Waals surface area contributed by atoms with E-state index in [-0.39, 0.29) is 25.6 Å². The summed E-state index contributed by atoms with van der Waals surface area (Å²) in [5, 5.41) is 0.564. The average Bonchev–Trinajstić information content (AvgIpc) is 3.26. The second-order valence-corrected chi connectivity index (χ2v) is 7.79. The lowest BCUT2D eigenvalue weighted by Gasteiger charge is -2.13. The van der Waals surface area contributed by atoms with Gasteiger partial charge < -0.3 is 9.47 Å². The van der Waals surface area contributed by atoms with Crippen LogP contribution in [0.2, 0.25) is 0 Å². The number of carbonyl (C=O) groups is 3. The second kappa shape index (κ2) is 8.65. The summed E-state index contributed by atoms with van der Waals surface area (Å²) >= 11 is 1.13. The number of carbonyl (C=O) groups excluding carboxylic acids is 3. The molecule has 158 valence electrons. The van der Waals surface area contributed by atoms with Crippen LogP contribution in [0, 0.1) is 12.7 Å². The minimum Gasteiger partial charge on any atom is -0.486 e. The van der Waals surface area contributed by atoms with Gasteiger partial charge in [-0.15, -0.1) is 11.3 Å². The fourth-order valence-corrected chi connectivity index (χ4v) is 3.99. The van der Waals surface area contributed by atoms with Crippen LogP contribution in [0.1, 0.15) is 41.1 Å². The van der Waals surface area contributed by atoms with Crippen LogP contribution in [0.5, 0.6) is 5.75 Å². The standard InChI is InChI=1S/C22H17FN2O5S/c1-13-19(31-18(24-13)12-30-15-8-6-14(23)7-9-15)22(28)29-11-10-25-20(26)16-4-2-3-5-17(16)21(25)27/h2-9H,10-12H2,1H3. The van der Waals surface area contributed by atoms with E-state index < -0.39 is 17.8 Å². The van der Waals surface area contributed by atoms with Gasteiger partial charge in [-0.25, -0.2) is 14.2 Å². The van der Waals surface area contributed by atoms with Crippen LogP contribution in [0.3, 0.4) is 0 Å². The van der Waals surface area contributed by atoms with E-state index in [4.69, 9.17) is 9.47 Å². The molecular formula is C22H17FN2O5S. The van der Waals surface area contributed by atoms with Crippen molar-refractivity contribution in [3.05, 3.63) is 81.1 Å². The molecule has 0 saturated carbocycles. The lowest BCUT2D eigenvalue weighted by molar-refractivity contribution is 0.0423. The molecule has 2 amide bonds. The smallest absolute Gasteiger partial charge is 0.350 e. The van der Waals surface area contributed by atoms with Crippen molar-refractivity contribution in [3.8, 4) is 5.75 Å². The summed E-state index contributed by atoms with van der Waals surface area (Å²) in [4.78, 5) is 42.8. The summed E-state index contributed by atoms with van der Waals surface area (Å²) in [6.45, 7) is 1.65. The molecule has 2 aromatic carbocycles. The number of imide groups is 1. The van der Waals surface area contributed by atoms with E-state index in [1.165, 1.54) is 24.3 Å². The van der Waals surface area contributed by atoms with Crippen LogP contribution in [0.25, 0.3) is 0 Å². The van der Waals surface area contributed by atoms with Crippen LogP contribution < -0.4 is 4.74 Å². The Morgan fingerprint density at radius 1 is 1.06 bits per heavy atom. The lowest BCUT2D eigenvalue weighted by atomic mass is 10.1. The molecule has 0 aliphatic carbocycles. The molecule has 1 aliphatic rings. The molecular weight excluding hydrogens is 423 g/mol. The highest BCUT2D eigenvalue weighted by Crippen LogP contribution is 2.23. The highest BCUT2D eigenvalue weighted by Gasteiger charge is 2.34. The number of halogens is 1. The number of rotatable bonds is 7. The molecule has 1 aliphatic heterocycles. The Balaban J connectivity index is 1.32. The largest absolute Gasteiger partial charge is 0.486 e. The summed E-state index contributed by atoms with van der Waals surface area (Å²) in [5.74, 6) is -1.25. The van der Waals surface area contributed by atoms with Crippen molar-refractivity contribution < 1.29 is 28.2 Å². The van der Waals surface area contributed by atoms with Gasteiger partial charge in [0.2, 0.25) is 0 Å². The lowest BCUT2D eigenvalue weighted by Crippen LogP contribution is -2.33. The molecule has 0 fully saturated rings.